The van der Waals surface area contributed by atoms with Crippen LogP contribution in [0.15, 0.2) is 18.2 Å². The fourth-order valence-electron chi connectivity index (χ4n) is 2.47. The van der Waals surface area contributed by atoms with Crippen molar-refractivity contribution in [3.8, 4) is 11.5 Å². The van der Waals surface area contributed by atoms with E-state index in [1.54, 1.807) is 20.3 Å². The summed E-state index contributed by atoms with van der Waals surface area (Å²) >= 11 is 0. The van der Waals surface area contributed by atoms with E-state index in [0.29, 0.717) is 23.0 Å². The van der Waals surface area contributed by atoms with Gasteiger partial charge in [0, 0.05) is 46.6 Å². The fourth-order valence-corrected chi connectivity index (χ4v) is 3.86. The summed E-state index contributed by atoms with van der Waals surface area (Å²) in [6.07, 6.45) is 2.17. The summed E-state index contributed by atoms with van der Waals surface area (Å²) in [7, 11) is 2.20. The van der Waals surface area contributed by atoms with Crippen molar-refractivity contribution in [3.05, 3.63) is 23.8 Å². The number of nitrogens with two attached hydrogens (primary N) is 1. The first-order valence-corrected chi connectivity index (χ1v) is 8.57. The van der Waals surface area contributed by atoms with Crippen molar-refractivity contribution in [1.29, 1.82) is 0 Å². The van der Waals surface area contributed by atoms with E-state index in [9.17, 15) is 4.21 Å². The number of methoxy groups -OCH3 is 2. The molecule has 21 heavy (non-hydrogen) atoms. The summed E-state index contributed by atoms with van der Waals surface area (Å²) < 4.78 is 28.2. The van der Waals surface area contributed by atoms with E-state index in [1.165, 1.54) is 0 Å². The van der Waals surface area contributed by atoms with Crippen molar-refractivity contribution in [2.24, 2.45) is 5.73 Å². The molecular formula is C15H23NO4S. The zero-order chi connectivity index (χ0) is 15.2. The molecule has 1 aromatic carbocycles. The van der Waals surface area contributed by atoms with Crippen LogP contribution in [0.2, 0.25) is 0 Å². The third-order valence-electron chi connectivity index (χ3n) is 3.60. The standard InChI is InChI=1S/C15H23NO4S/c1-18-11-5-6-13(15(8-11)19-2)14(16)10-21(17)9-12-4-3-7-20-12/h5-6,8,12,14H,3-4,7,9-10,16H2,1-2H3. The molecule has 2 rings (SSSR count). The minimum absolute atomic E-state index is 0.121. The number of ether oxygens (including phenoxy) is 3. The maximum atomic E-state index is 12.2. The molecule has 3 atom stereocenters. The van der Waals surface area contributed by atoms with E-state index >= 15 is 0 Å². The molecule has 1 fully saturated rings. The quantitative estimate of drug-likeness (QED) is 0.828. The molecule has 1 saturated heterocycles. The predicted octanol–water partition coefficient (Wildman–Crippen LogP) is 1.63. The second kappa shape index (κ2) is 7.77. The summed E-state index contributed by atoms with van der Waals surface area (Å²) in [6.45, 7) is 0.778. The molecule has 5 nitrogen and oxygen atoms in total. The van der Waals surface area contributed by atoms with Gasteiger partial charge < -0.3 is 19.9 Å². The average molecular weight is 313 g/mol. The Morgan fingerprint density at radius 2 is 2.24 bits per heavy atom. The van der Waals surface area contributed by atoms with Gasteiger partial charge in [0.25, 0.3) is 0 Å². The molecule has 2 N–H and O–H groups in total. The van der Waals surface area contributed by atoms with E-state index in [-0.39, 0.29) is 12.1 Å². The van der Waals surface area contributed by atoms with Crippen molar-refractivity contribution in [1.82, 2.24) is 0 Å². The molecule has 0 aromatic heterocycles. The number of hydrogen-bond acceptors (Lipinski definition) is 5. The fraction of sp³-hybridized carbons (Fsp3) is 0.600. The Morgan fingerprint density at radius 1 is 1.43 bits per heavy atom. The lowest BCUT2D eigenvalue weighted by molar-refractivity contribution is 0.128. The second-order valence-electron chi connectivity index (χ2n) is 5.12. The zero-order valence-corrected chi connectivity index (χ0v) is 13.4. The molecule has 0 spiro atoms. The largest absolute Gasteiger partial charge is 0.497 e. The normalized spacial score (nSPS) is 21.0. The Bertz CT molecular complexity index is 489. The first-order valence-electron chi connectivity index (χ1n) is 7.08. The highest BCUT2D eigenvalue weighted by Gasteiger charge is 2.21. The van der Waals surface area contributed by atoms with Crippen LogP contribution in [-0.2, 0) is 15.5 Å². The highest BCUT2D eigenvalue weighted by Crippen LogP contribution is 2.29. The molecule has 0 bridgehead atoms. The Hall–Kier alpha value is -1.11. The Kier molecular flexibility index (Phi) is 6.02. The molecule has 0 radical (unpaired) electrons. The van der Waals surface area contributed by atoms with Gasteiger partial charge >= 0.3 is 0 Å². The molecule has 118 valence electrons. The third kappa shape index (κ3) is 4.43. The lowest BCUT2D eigenvalue weighted by Gasteiger charge is -2.17. The third-order valence-corrected chi connectivity index (χ3v) is 5.08. The van der Waals surface area contributed by atoms with E-state index in [2.05, 4.69) is 0 Å². The van der Waals surface area contributed by atoms with Gasteiger partial charge in [-0.05, 0) is 18.9 Å². The van der Waals surface area contributed by atoms with Gasteiger partial charge in [-0.3, -0.25) is 4.21 Å². The van der Waals surface area contributed by atoms with Crippen LogP contribution in [0.3, 0.4) is 0 Å². The average Bonchev–Trinajstić information content (AvgIpc) is 2.99. The molecule has 1 aliphatic heterocycles. The summed E-state index contributed by atoms with van der Waals surface area (Å²) in [4.78, 5) is 0. The lowest BCUT2D eigenvalue weighted by Crippen LogP contribution is -2.24. The molecule has 0 amide bonds. The highest BCUT2D eigenvalue weighted by molar-refractivity contribution is 7.85. The summed E-state index contributed by atoms with van der Waals surface area (Å²) in [5.41, 5.74) is 7.03. The molecule has 1 aromatic rings. The van der Waals surface area contributed by atoms with Crippen LogP contribution in [0.4, 0.5) is 0 Å². The first-order chi connectivity index (χ1) is 10.1. The topological polar surface area (TPSA) is 70.8 Å². The maximum absolute atomic E-state index is 12.2. The number of benzene rings is 1. The van der Waals surface area contributed by atoms with Crippen molar-refractivity contribution >= 4 is 10.8 Å². The Morgan fingerprint density at radius 3 is 2.86 bits per heavy atom. The van der Waals surface area contributed by atoms with E-state index in [4.69, 9.17) is 19.9 Å². The molecule has 1 heterocycles. The van der Waals surface area contributed by atoms with Gasteiger partial charge in [-0.15, -0.1) is 0 Å². The Balaban J connectivity index is 1.98. The van der Waals surface area contributed by atoms with Crippen LogP contribution in [0, 0.1) is 0 Å². The second-order valence-corrected chi connectivity index (χ2v) is 6.67. The molecular weight excluding hydrogens is 290 g/mol. The van der Waals surface area contributed by atoms with Gasteiger partial charge in [-0.25, -0.2) is 0 Å². The SMILES string of the molecule is COc1ccc(C(N)CS(=O)CC2CCCO2)c(OC)c1. The summed E-state index contributed by atoms with van der Waals surface area (Å²) in [5, 5.41) is 0. The first kappa shape index (κ1) is 16.3. The maximum Gasteiger partial charge on any atom is 0.127 e. The van der Waals surface area contributed by atoms with Crippen molar-refractivity contribution in [2.45, 2.75) is 25.0 Å². The monoisotopic (exact) mass is 313 g/mol. The van der Waals surface area contributed by atoms with Gasteiger partial charge in [0.1, 0.15) is 11.5 Å². The van der Waals surface area contributed by atoms with E-state index in [1.807, 2.05) is 12.1 Å². The molecule has 6 heteroatoms. The van der Waals surface area contributed by atoms with Crippen molar-refractivity contribution in [2.75, 3.05) is 32.3 Å². The minimum atomic E-state index is -0.995. The number of rotatable bonds is 7. The van der Waals surface area contributed by atoms with Crippen LogP contribution in [0.1, 0.15) is 24.4 Å². The summed E-state index contributed by atoms with van der Waals surface area (Å²) in [5.74, 6) is 2.34. The highest BCUT2D eigenvalue weighted by atomic mass is 32.2. The van der Waals surface area contributed by atoms with Gasteiger partial charge in [-0.2, -0.15) is 0 Å². The van der Waals surface area contributed by atoms with Gasteiger partial charge in [-0.1, -0.05) is 6.07 Å². The van der Waals surface area contributed by atoms with Crippen molar-refractivity contribution < 1.29 is 18.4 Å². The minimum Gasteiger partial charge on any atom is -0.497 e. The zero-order valence-electron chi connectivity index (χ0n) is 12.5. The number of hydrogen-bond donors (Lipinski definition) is 1. The van der Waals surface area contributed by atoms with Crippen LogP contribution in [-0.4, -0.2) is 42.6 Å². The van der Waals surface area contributed by atoms with Crippen LogP contribution >= 0.6 is 0 Å². The lowest BCUT2D eigenvalue weighted by atomic mass is 10.1. The van der Waals surface area contributed by atoms with Gasteiger partial charge in [0.15, 0.2) is 0 Å². The van der Waals surface area contributed by atoms with Gasteiger partial charge in [0.2, 0.25) is 0 Å². The van der Waals surface area contributed by atoms with Crippen LogP contribution in [0.5, 0.6) is 11.5 Å². The molecule has 0 saturated carbocycles. The molecule has 0 aliphatic carbocycles. The molecule has 1 aliphatic rings. The Labute approximate surface area is 128 Å². The smallest absolute Gasteiger partial charge is 0.127 e. The van der Waals surface area contributed by atoms with E-state index in [0.717, 1.165) is 25.0 Å². The molecule has 3 unspecified atom stereocenters. The van der Waals surface area contributed by atoms with Crippen molar-refractivity contribution in [3.63, 3.8) is 0 Å². The van der Waals surface area contributed by atoms with Gasteiger partial charge in [0.05, 0.1) is 20.3 Å². The van der Waals surface area contributed by atoms with Crippen LogP contribution in [0.25, 0.3) is 0 Å². The van der Waals surface area contributed by atoms with Crippen LogP contribution < -0.4 is 15.2 Å². The summed E-state index contributed by atoms with van der Waals surface area (Å²) in [6, 6.07) is 5.16. The van der Waals surface area contributed by atoms with E-state index < -0.39 is 10.8 Å². The predicted molar refractivity (Wildman–Crippen MR) is 83.3 cm³/mol.